The SMILES string of the molecule is N#Cc1c(CN=[N+]=[N-])cn2ccccc12. The second kappa shape index (κ2) is 3.74. The van der Waals surface area contributed by atoms with Crippen LogP contribution in [0.2, 0.25) is 0 Å². The van der Waals surface area contributed by atoms with Gasteiger partial charge in [-0.2, -0.15) is 5.26 Å². The number of azide groups is 1. The molecule has 2 aromatic rings. The summed E-state index contributed by atoms with van der Waals surface area (Å²) in [5, 5.41) is 12.5. The van der Waals surface area contributed by atoms with Gasteiger partial charge in [0.15, 0.2) is 0 Å². The van der Waals surface area contributed by atoms with Crippen LogP contribution in [-0.4, -0.2) is 4.40 Å². The Bertz CT molecular complexity index is 583. The molecule has 2 rings (SSSR count). The highest BCUT2D eigenvalue weighted by Gasteiger charge is 2.08. The van der Waals surface area contributed by atoms with Crippen molar-refractivity contribution in [3.8, 4) is 6.07 Å². The maximum absolute atomic E-state index is 9.01. The van der Waals surface area contributed by atoms with Gasteiger partial charge in [0.25, 0.3) is 0 Å². The van der Waals surface area contributed by atoms with Gasteiger partial charge in [-0.25, -0.2) is 0 Å². The van der Waals surface area contributed by atoms with Crippen LogP contribution in [0.15, 0.2) is 35.7 Å². The van der Waals surface area contributed by atoms with Gasteiger partial charge in [-0.1, -0.05) is 11.2 Å². The molecule has 0 fully saturated rings. The van der Waals surface area contributed by atoms with E-state index in [4.69, 9.17) is 10.8 Å². The summed E-state index contributed by atoms with van der Waals surface area (Å²) < 4.78 is 1.85. The molecule has 0 aliphatic carbocycles. The molecule has 0 aliphatic rings. The second-order valence-electron chi connectivity index (χ2n) is 3.02. The lowest BCUT2D eigenvalue weighted by Crippen LogP contribution is -1.80. The van der Waals surface area contributed by atoms with Gasteiger partial charge >= 0.3 is 0 Å². The van der Waals surface area contributed by atoms with Crippen molar-refractivity contribution in [1.29, 1.82) is 5.26 Å². The lowest BCUT2D eigenvalue weighted by Gasteiger charge is -1.91. The summed E-state index contributed by atoms with van der Waals surface area (Å²) in [5.74, 6) is 0. The molecule has 0 saturated heterocycles. The zero-order valence-electron chi connectivity index (χ0n) is 7.83. The quantitative estimate of drug-likeness (QED) is 0.414. The van der Waals surface area contributed by atoms with Crippen molar-refractivity contribution in [3.05, 3.63) is 52.2 Å². The van der Waals surface area contributed by atoms with E-state index in [1.165, 1.54) is 0 Å². The molecule has 5 heteroatoms. The third kappa shape index (κ3) is 1.50. The van der Waals surface area contributed by atoms with E-state index in [2.05, 4.69) is 16.1 Å². The van der Waals surface area contributed by atoms with E-state index in [0.29, 0.717) is 5.56 Å². The predicted molar refractivity (Wildman–Crippen MR) is 55.0 cm³/mol. The fourth-order valence-electron chi connectivity index (χ4n) is 1.53. The average molecular weight is 197 g/mol. The highest BCUT2D eigenvalue weighted by molar-refractivity contribution is 5.65. The first kappa shape index (κ1) is 9.13. The van der Waals surface area contributed by atoms with Crippen LogP contribution in [0.4, 0.5) is 0 Å². The van der Waals surface area contributed by atoms with Gasteiger partial charge in [-0.05, 0) is 23.2 Å². The fourth-order valence-corrected chi connectivity index (χ4v) is 1.53. The number of pyridine rings is 1. The molecule has 0 amide bonds. The van der Waals surface area contributed by atoms with Crippen LogP contribution in [0.25, 0.3) is 16.0 Å². The van der Waals surface area contributed by atoms with Crippen LogP contribution in [0, 0.1) is 11.3 Å². The summed E-state index contributed by atoms with van der Waals surface area (Å²) in [5.41, 5.74) is 10.4. The standard InChI is InChI=1S/C10H7N5/c11-5-9-8(6-13-14-12)7-15-4-2-1-3-10(9)15/h1-4,7H,6H2. The van der Waals surface area contributed by atoms with E-state index < -0.39 is 0 Å². The van der Waals surface area contributed by atoms with Gasteiger partial charge in [0.2, 0.25) is 0 Å². The Kier molecular flexibility index (Phi) is 2.28. The van der Waals surface area contributed by atoms with Crippen molar-refractivity contribution in [2.45, 2.75) is 6.54 Å². The fraction of sp³-hybridized carbons (Fsp3) is 0.100. The zero-order valence-corrected chi connectivity index (χ0v) is 7.83. The number of hydrogen-bond acceptors (Lipinski definition) is 2. The Morgan fingerprint density at radius 2 is 2.40 bits per heavy atom. The molecule has 0 N–H and O–H groups in total. The molecule has 0 saturated carbocycles. The van der Waals surface area contributed by atoms with Crippen molar-refractivity contribution in [1.82, 2.24) is 4.40 Å². The molecule has 2 aromatic heterocycles. The van der Waals surface area contributed by atoms with Gasteiger partial charge in [0, 0.05) is 17.3 Å². The lowest BCUT2D eigenvalue weighted by molar-refractivity contribution is 1.04. The summed E-state index contributed by atoms with van der Waals surface area (Å²) >= 11 is 0. The number of hydrogen-bond donors (Lipinski definition) is 0. The van der Waals surface area contributed by atoms with Crippen LogP contribution in [0.3, 0.4) is 0 Å². The molecule has 5 nitrogen and oxygen atoms in total. The van der Waals surface area contributed by atoms with E-state index in [1.807, 2.05) is 35.0 Å². The van der Waals surface area contributed by atoms with Crippen LogP contribution in [0.5, 0.6) is 0 Å². The first-order valence-electron chi connectivity index (χ1n) is 4.36. The second-order valence-corrected chi connectivity index (χ2v) is 3.02. The van der Waals surface area contributed by atoms with Crippen LogP contribution in [0.1, 0.15) is 11.1 Å². The van der Waals surface area contributed by atoms with Crippen molar-refractivity contribution < 1.29 is 0 Å². The van der Waals surface area contributed by atoms with Crippen molar-refractivity contribution in [2.75, 3.05) is 0 Å². The highest BCUT2D eigenvalue weighted by Crippen LogP contribution is 2.18. The molecular formula is C10H7N5. The predicted octanol–water partition coefficient (Wildman–Crippen LogP) is 2.62. The third-order valence-electron chi connectivity index (χ3n) is 2.18. The monoisotopic (exact) mass is 197 g/mol. The number of rotatable bonds is 2. The highest BCUT2D eigenvalue weighted by atomic mass is 15.1. The topological polar surface area (TPSA) is 77.0 Å². The van der Waals surface area contributed by atoms with Gasteiger partial charge in [-0.3, -0.25) is 0 Å². The lowest BCUT2D eigenvalue weighted by atomic mass is 10.2. The van der Waals surface area contributed by atoms with Gasteiger partial charge in [-0.15, -0.1) is 0 Å². The molecule has 0 aromatic carbocycles. The van der Waals surface area contributed by atoms with E-state index >= 15 is 0 Å². The Hall–Kier alpha value is -2.44. The summed E-state index contributed by atoms with van der Waals surface area (Å²) in [6.45, 7) is 0.209. The summed E-state index contributed by atoms with van der Waals surface area (Å²) in [6, 6.07) is 7.73. The molecule has 0 bridgehead atoms. The minimum atomic E-state index is 0.209. The molecule has 0 spiro atoms. The number of aromatic nitrogens is 1. The zero-order chi connectivity index (χ0) is 10.7. The molecule has 72 valence electrons. The van der Waals surface area contributed by atoms with Gasteiger partial charge in [0.1, 0.15) is 6.07 Å². The third-order valence-corrected chi connectivity index (χ3v) is 2.18. The Morgan fingerprint density at radius 1 is 1.53 bits per heavy atom. The molecule has 2 heterocycles. The Morgan fingerprint density at radius 3 is 3.13 bits per heavy atom. The number of fused-ring (bicyclic) bond motifs is 1. The minimum absolute atomic E-state index is 0.209. The average Bonchev–Trinajstić information content (AvgIpc) is 2.63. The molecular weight excluding hydrogens is 190 g/mol. The Balaban J connectivity index is 2.65. The van der Waals surface area contributed by atoms with Crippen molar-refractivity contribution >= 4 is 5.52 Å². The maximum atomic E-state index is 9.01. The smallest absolute Gasteiger partial charge is 0.102 e. The van der Waals surface area contributed by atoms with Gasteiger partial charge < -0.3 is 4.40 Å². The van der Waals surface area contributed by atoms with E-state index in [-0.39, 0.29) is 6.54 Å². The maximum Gasteiger partial charge on any atom is 0.102 e. The van der Waals surface area contributed by atoms with Crippen molar-refractivity contribution in [3.63, 3.8) is 0 Å². The van der Waals surface area contributed by atoms with Crippen LogP contribution >= 0.6 is 0 Å². The molecule has 0 unspecified atom stereocenters. The number of nitrogens with zero attached hydrogens (tertiary/aromatic N) is 5. The first-order valence-corrected chi connectivity index (χ1v) is 4.36. The molecule has 0 aliphatic heterocycles. The van der Waals surface area contributed by atoms with E-state index in [1.54, 1.807) is 0 Å². The van der Waals surface area contributed by atoms with E-state index in [9.17, 15) is 0 Å². The van der Waals surface area contributed by atoms with Gasteiger partial charge in [0.05, 0.1) is 17.6 Å². The summed E-state index contributed by atoms with van der Waals surface area (Å²) in [4.78, 5) is 2.68. The molecule has 15 heavy (non-hydrogen) atoms. The van der Waals surface area contributed by atoms with Crippen molar-refractivity contribution in [2.24, 2.45) is 5.11 Å². The molecule has 0 atom stereocenters. The summed E-state index contributed by atoms with van der Waals surface area (Å²) in [7, 11) is 0. The van der Waals surface area contributed by atoms with Crippen LogP contribution < -0.4 is 0 Å². The minimum Gasteiger partial charge on any atom is -0.322 e. The molecule has 0 radical (unpaired) electrons. The number of nitriles is 1. The van der Waals surface area contributed by atoms with E-state index in [0.717, 1.165) is 11.1 Å². The summed E-state index contributed by atoms with van der Waals surface area (Å²) in [6.07, 6.45) is 3.67. The Labute approximate surface area is 85.8 Å². The largest absolute Gasteiger partial charge is 0.322 e. The van der Waals surface area contributed by atoms with Crippen LogP contribution in [-0.2, 0) is 6.54 Å². The first-order chi connectivity index (χ1) is 7.36. The normalized spacial score (nSPS) is 9.53.